The van der Waals surface area contributed by atoms with Gasteiger partial charge in [-0.25, -0.2) is 9.18 Å². The second-order valence-corrected chi connectivity index (χ2v) is 6.21. The van der Waals surface area contributed by atoms with Crippen LogP contribution in [0.1, 0.15) is 12.8 Å². The Bertz CT molecular complexity index is 1020. The predicted molar refractivity (Wildman–Crippen MR) is 94.5 cm³/mol. The third kappa shape index (κ3) is 3.11. The van der Waals surface area contributed by atoms with Crippen molar-refractivity contribution in [1.82, 2.24) is 5.32 Å². The number of halogens is 1. The first kappa shape index (κ1) is 16.5. The van der Waals surface area contributed by atoms with Gasteiger partial charge in [0.25, 0.3) is 0 Å². The molecule has 26 heavy (non-hydrogen) atoms. The lowest BCUT2D eigenvalue weighted by Crippen LogP contribution is -2.34. The summed E-state index contributed by atoms with van der Waals surface area (Å²) in [6.45, 7) is 0.804. The summed E-state index contributed by atoms with van der Waals surface area (Å²) in [6.07, 6.45) is 3.03. The Morgan fingerprint density at radius 1 is 1.19 bits per heavy atom. The van der Waals surface area contributed by atoms with E-state index in [2.05, 4.69) is 5.32 Å². The first-order valence-corrected chi connectivity index (χ1v) is 8.38. The van der Waals surface area contributed by atoms with E-state index < -0.39 is 0 Å². The van der Waals surface area contributed by atoms with Crippen LogP contribution in [0.2, 0.25) is 0 Å². The highest BCUT2D eigenvalue weighted by Gasteiger charge is 2.24. The van der Waals surface area contributed by atoms with E-state index in [1.54, 1.807) is 12.1 Å². The molecule has 1 aliphatic rings. The van der Waals surface area contributed by atoms with E-state index in [1.807, 2.05) is 0 Å². The number of benzene rings is 2. The number of esters is 1. The standard InChI is InChI=1S/C20H16FNO4/c21-13-5-3-12(4-6-13)16-11-25-18-10-14(7-8-15(18)19(16)23)26-20(24)17-2-1-9-22-17/h3-8,10-11,17,22H,1-2,9H2. The number of ether oxygens (including phenoxy) is 1. The van der Waals surface area contributed by atoms with E-state index in [0.717, 1.165) is 19.4 Å². The van der Waals surface area contributed by atoms with Crippen LogP contribution >= 0.6 is 0 Å². The smallest absolute Gasteiger partial charge is 0.328 e. The van der Waals surface area contributed by atoms with Crippen molar-refractivity contribution >= 4 is 16.9 Å². The number of rotatable bonds is 3. The lowest BCUT2D eigenvalue weighted by molar-refractivity contribution is -0.136. The summed E-state index contributed by atoms with van der Waals surface area (Å²) in [5.41, 5.74) is 1.01. The summed E-state index contributed by atoms with van der Waals surface area (Å²) < 4.78 is 24.0. The van der Waals surface area contributed by atoms with Gasteiger partial charge in [0.15, 0.2) is 5.43 Å². The molecule has 1 atom stereocenters. The van der Waals surface area contributed by atoms with Gasteiger partial charge in [-0.2, -0.15) is 0 Å². The summed E-state index contributed by atoms with van der Waals surface area (Å²) >= 11 is 0. The van der Waals surface area contributed by atoms with E-state index in [0.29, 0.717) is 27.8 Å². The van der Waals surface area contributed by atoms with Crippen molar-refractivity contribution in [3.05, 3.63) is 64.8 Å². The van der Waals surface area contributed by atoms with Gasteiger partial charge in [0, 0.05) is 6.07 Å². The molecule has 2 heterocycles. The van der Waals surface area contributed by atoms with Gasteiger partial charge in [-0.05, 0) is 49.2 Å². The molecule has 4 rings (SSSR count). The minimum Gasteiger partial charge on any atom is -0.463 e. The van der Waals surface area contributed by atoms with Crippen molar-refractivity contribution in [2.75, 3.05) is 6.54 Å². The highest BCUT2D eigenvalue weighted by Crippen LogP contribution is 2.24. The molecule has 1 unspecified atom stereocenters. The Kier molecular flexibility index (Phi) is 4.26. The van der Waals surface area contributed by atoms with Crippen molar-refractivity contribution in [3.8, 4) is 16.9 Å². The van der Waals surface area contributed by atoms with Crippen LogP contribution in [0, 0.1) is 5.82 Å². The van der Waals surface area contributed by atoms with Gasteiger partial charge in [0.1, 0.15) is 29.5 Å². The van der Waals surface area contributed by atoms with Crippen LogP contribution in [0.15, 0.2) is 57.9 Å². The zero-order valence-corrected chi connectivity index (χ0v) is 13.8. The molecule has 6 heteroatoms. The molecular weight excluding hydrogens is 337 g/mol. The number of nitrogens with one attached hydrogen (secondary N) is 1. The highest BCUT2D eigenvalue weighted by molar-refractivity contribution is 5.84. The number of carbonyl (C=O) groups excluding carboxylic acids is 1. The van der Waals surface area contributed by atoms with Gasteiger partial charge >= 0.3 is 5.97 Å². The largest absolute Gasteiger partial charge is 0.463 e. The number of carbonyl (C=O) groups is 1. The Hall–Kier alpha value is -2.99. The average molecular weight is 353 g/mol. The normalized spacial score (nSPS) is 16.7. The van der Waals surface area contributed by atoms with Gasteiger partial charge in [-0.1, -0.05) is 12.1 Å². The van der Waals surface area contributed by atoms with Crippen LogP contribution in [0.5, 0.6) is 5.75 Å². The minimum absolute atomic E-state index is 0.229. The van der Waals surface area contributed by atoms with Gasteiger partial charge in [-0.3, -0.25) is 4.79 Å². The molecule has 0 amide bonds. The second kappa shape index (κ2) is 6.72. The van der Waals surface area contributed by atoms with E-state index in [9.17, 15) is 14.0 Å². The van der Waals surface area contributed by atoms with Gasteiger partial charge in [0.2, 0.25) is 0 Å². The maximum atomic E-state index is 13.1. The van der Waals surface area contributed by atoms with Crippen molar-refractivity contribution in [1.29, 1.82) is 0 Å². The maximum Gasteiger partial charge on any atom is 0.328 e. The zero-order chi connectivity index (χ0) is 18.1. The summed E-state index contributed by atoms with van der Waals surface area (Å²) in [5.74, 6) is -0.386. The summed E-state index contributed by atoms with van der Waals surface area (Å²) in [4.78, 5) is 24.8. The molecule has 0 bridgehead atoms. The Morgan fingerprint density at radius 3 is 2.73 bits per heavy atom. The molecule has 1 fully saturated rings. The molecule has 2 aromatic carbocycles. The van der Waals surface area contributed by atoms with E-state index in [1.165, 1.54) is 36.6 Å². The van der Waals surface area contributed by atoms with Crippen molar-refractivity contribution in [2.24, 2.45) is 0 Å². The molecule has 0 aliphatic carbocycles. The lowest BCUT2D eigenvalue weighted by atomic mass is 10.1. The Morgan fingerprint density at radius 2 is 2.00 bits per heavy atom. The Labute approximate surface area is 148 Å². The van der Waals surface area contributed by atoms with Crippen LogP contribution < -0.4 is 15.5 Å². The predicted octanol–water partition coefficient (Wildman–Crippen LogP) is 3.26. The van der Waals surface area contributed by atoms with Crippen LogP contribution in [0.25, 0.3) is 22.1 Å². The van der Waals surface area contributed by atoms with Crippen molar-refractivity contribution in [2.45, 2.75) is 18.9 Å². The first-order valence-electron chi connectivity index (χ1n) is 8.38. The maximum absolute atomic E-state index is 13.1. The van der Waals surface area contributed by atoms with Crippen molar-refractivity contribution < 1.29 is 18.3 Å². The minimum atomic E-state index is -0.373. The monoisotopic (exact) mass is 353 g/mol. The molecule has 1 N–H and O–H groups in total. The Balaban J connectivity index is 1.65. The molecule has 5 nitrogen and oxygen atoms in total. The number of hydrogen-bond donors (Lipinski definition) is 1. The topological polar surface area (TPSA) is 68.5 Å². The molecule has 0 saturated carbocycles. The third-order valence-electron chi connectivity index (χ3n) is 4.46. The van der Waals surface area contributed by atoms with E-state index in [-0.39, 0.29) is 23.3 Å². The molecule has 1 saturated heterocycles. The fourth-order valence-electron chi connectivity index (χ4n) is 3.07. The van der Waals surface area contributed by atoms with Crippen LogP contribution in [0.3, 0.4) is 0 Å². The third-order valence-corrected chi connectivity index (χ3v) is 4.46. The number of fused-ring (bicyclic) bond motifs is 1. The first-order chi connectivity index (χ1) is 12.6. The molecule has 0 spiro atoms. The van der Waals surface area contributed by atoms with E-state index >= 15 is 0 Å². The van der Waals surface area contributed by atoms with E-state index in [4.69, 9.17) is 9.15 Å². The zero-order valence-electron chi connectivity index (χ0n) is 13.8. The summed E-state index contributed by atoms with van der Waals surface area (Å²) in [6, 6.07) is 10.0. The molecule has 132 valence electrons. The summed E-state index contributed by atoms with van der Waals surface area (Å²) in [7, 11) is 0. The van der Waals surface area contributed by atoms with Gasteiger partial charge in [-0.15, -0.1) is 0 Å². The van der Waals surface area contributed by atoms with Gasteiger partial charge in [0.05, 0.1) is 10.9 Å². The SMILES string of the molecule is O=C(Oc1ccc2c(=O)c(-c3ccc(F)cc3)coc2c1)C1CCCN1. The molecule has 3 aromatic rings. The van der Waals surface area contributed by atoms with Crippen LogP contribution in [-0.2, 0) is 4.79 Å². The molecule has 1 aliphatic heterocycles. The average Bonchev–Trinajstić information content (AvgIpc) is 3.18. The van der Waals surface area contributed by atoms with Gasteiger partial charge < -0.3 is 14.5 Å². The number of hydrogen-bond acceptors (Lipinski definition) is 5. The van der Waals surface area contributed by atoms with Crippen molar-refractivity contribution in [3.63, 3.8) is 0 Å². The van der Waals surface area contributed by atoms with Crippen LogP contribution in [-0.4, -0.2) is 18.6 Å². The summed E-state index contributed by atoms with van der Waals surface area (Å²) in [5, 5.41) is 3.44. The fourth-order valence-corrected chi connectivity index (χ4v) is 3.07. The second-order valence-electron chi connectivity index (χ2n) is 6.21. The molecule has 1 aromatic heterocycles. The highest BCUT2D eigenvalue weighted by atomic mass is 19.1. The lowest BCUT2D eigenvalue weighted by Gasteiger charge is -2.10. The molecule has 0 radical (unpaired) electrons. The van der Waals surface area contributed by atoms with Crippen LogP contribution in [0.4, 0.5) is 4.39 Å². The molecular formula is C20H16FNO4. The quantitative estimate of drug-likeness (QED) is 0.578. The fraction of sp³-hybridized carbons (Fsp3) is 0.200.